The van der Waals surface area contributed by atoms with Crippen LogP contribution in [0.25, 0.3) is 21.5 Å². The van der Waals surface area contributed by atoms with Gasteiger partial charge in [-0.25, -0.2) is 0 Å². The minimum atomic E-state index is -1.23. The van der Waals surface area contributed by atoms with Crippen molar-refractivity contribution < 1.29 is 42.8 Å². The Morgan fingerprint density at radius 2 is 1.04 bits per heavy atom. The lowest BCUT2D eigenvalue weighted by Crippen LogP contribution is -2.42. The third-order valence-electron chi connectivity index (χ3n) is 9.55. The molecular weight excluding hydrogens is 686 g/mol. The number of hydrogen-bond donors (Lipinski definition) is 1. The van der Waals surface area contributed by atoms with E-state index < -0.39 is 17.5 Å². The highest BCUT2D eigenvalue weighted by atomic mass is 16.7. The molecule has 2 heterocycles. The molecule has 10 nitrogen and oxygen atoms in total. The van der Waals surface area contributed by atoms with Crippen LogP contribution in [0.15, 0.2) is 133 Å². The van der Waals surface area contributed by atoms with Gasteiger partial charge in [0.2, 0.25) is 0 Å². The first-order valence-corrected chi connectivity index (χ1v) is 16.8. The van der Waals surface area contributed by atoms with Gasteiger partial charge in [-0.1, -0.05) is 80.2 Å². The van der Waals surface area contributed by atoms with Crippen LogP contribution in [0.3, 0.4) is 0 Å². The molecule has 268 valence electrons. The standard InChI is InChI=1S/C22H15NO5.C21H14O4.CH4/c23-12-20(25)26-17-8-9-19-21-14(17)5-3-7-18(21)27-22(28-19)11-10-16(24)13-4-1-2-6-15(13)22;1-23-17-9-10-19-20-14(17)6-4-8-18(20)24-21(25-19)12-11-16(22)13-5-2-3-7-15(13)21;/h1-11H,12,23H2;2-12H,1H3;1H4. The summed E-state index contributed by atoms with van der Waals surface area (Å²) in [7, 11) is 1.64. The minimum Gasteiger partial charge on any atom is -0.496 e. The highest BCUT2D eigenvalue weighted by Gasteiger charge is 2.45. The molecule has 2 aliphatic heterocycles. The molecule has 0 aromatic heterocycles. The zero-order chi connectivity index (χ0) is 36.3. The quantitative estimate of drug-likeness (QED) is 0.142. The maximum atomic E-state index is 12.3. The van der Waals surface area contributed by atoms with Crippen molar-refractivity contribution in [1.29, 1.82) is 0 Å². The number of hydrogen-bond acceptors (Lipinski definition) is 10. The van der Waals surface area contributed by atoms with E-state index in [1.807, 2.05) is 78.9 Å². The molecule has 10 rings (SSSR count). The van der Waals surface area contributed by atoms with E-state index in [2.05, 4.69) is 0 Å². The molecule has 2 spiro atoms. The SMILES string of the molecule is C.COc1ccc2c3c(cccc13)OC1(C=CC(=O)c3ccccc31)O2.NCC(=O)Oc1ccc2c3c(cccc13)OC1(C=CC(=O)c3ccccc31)O2. The first-order valence-electron chi connectivity index (χ1n) is 16.8. The summed E-state index contributed by atoms with van der Waals surface area (Å²) in [6, 6.07) is 33.0. The van der Waals surface area contributed by atoms with Gasteiger partial charge in [0, 0.05) is 34.1 Å². The summed E-state index contributed by atoms with van der Waals surface area (Å²) in [4.78, 5) is 36.1. The summed E-state index contributed by atoms with van der Waals surface area (Å²) in [5, 5.41) is 3.17. The molecule has 4 aliphatic rings. The molecule has 54 heavy (non-hydrogen) atoms. The summed E-state index contributed by atoms with van der Waals surface area (Å²) in [5.41, 5.74) is 7.83. The molecule has 0 radical (unpaired) electrons. The Kier molecular flexibility index (Phi) is 8.19. The van der Waals surface area contributed by atoms with Gasteiger partial charge in [0.05, 0.1) is 35.6 Å². The predicted octanol–water partition coefficient (Wildman–Crippen LogP) is 7.94. The number of nitrogens with two attached hydrogens (primary N) is 1. The zero-order valence-electron chi connectivity index (χ0n) is 28.2. The molecule has 2 atom stereocenters. The summed E-state index contributed by atoms with van der Waals surface area (Å²) < 4.78 is 35.9. The fourth-order valence-corrected chi connectivity index (χ4v) is 7.19. The van der Waals surface area contributed by atoms with Crippen LogP contribution in [0.5, 0.6) is 34.5 Å². The predicted molar refractivity (Wildman–Crippen MR) is 202 cm³/mol. The Hall–Kier alpha value is -6.91. The van der Waals surface area contributed by atoms with Crippen LogP contribution in [0, 0.1) is 0 Å². The number of fused-ring (bicyclic) bond motifs is 4. The largest absolute Gasteiger partial charge is 0.496 e. The van der Waals surface area contributed by atoms with E-state index in [0.717, 1.165) is 16.5 Å². The van der Waals surface area contributed by atoms with Crippen molar-refractivity contribution in [2.45, 2.75) is 19.0 Å². The Morgan fingerprint density at radius 1 is 0.593 bits per heavy atom. The Balaban J connectivity index is 0.000000151. The van der Waals surface area contributed by atoms with Crippen LogP contribution >= 0.6 is 0 Å². The fraction of sp³-hybridized carbons (Fsp3) is 0.114. The van der Waals surface area contributed by atoms with Gasteiger partial charge in [0.1, 0.15) is 34.5 Å². The van der Waals surface area contributed by atoms with Crippen molar-refractivity contribution in [3.8, 4) is 34.5 Å². The number of ether oxygens (including phenoxy) is 6. The molecule has 0 saturated heterocycles. The summed E-state index contributed by atoms with van der Waals surface area (Å²) in [6.07, 6.45) is 6.29. The first-order chi connectivity index (χ1) is 25.8. The van der Waals surface area contributed by atoms with E-state index in [-0.39, 0.29) is 25.5 Å². The molecule has 6 aromatic carbocycles. The average Bonchev–Trinajstić information content (AvgIpc) is 3.20. The zero-order valence-corrected chi connectivity index (χ0v) is 28.2. The molecule has 2 aliphatic carbocycles. The Labute approximate surface area is 309 Å². The van der Waals surface area contributed by atoms with E-state index in [4.69, 9.17) is 34.2 Å². The molecule has 10 heteroatoms. The molecule has 0 fully saturated rings. The molecule has 0 bridgehead atoms. The number of carbonyl (C=O) groups is 3. The second kappa shape index (κ2) is 12.9. The average molecular weight is 720 g/mol. The van der Waals surface area contributed by atoms with E-state index >= 15 is 0 Å². The van der Waals surface area contributed by atoms with Crippen LogP contribution in [0.4, 0.5) is 0 Å². The number of benzene rings is 6. The monoisotopic (exact) mass is 719 g/mol. The van der Waals surface area contributed by atoms with Crippen molar-refractivity contribution in [3.05, 3.63) is 156 Å². The molecule has 6 aromatic rings. The van der Waals surface area contributed by atoms with E-state index in [1.165, 1.54) is 12.2 Å². The van der Waals surface area contributed by atoms with Gasteiger partial charge in [-0.3, -0.25) is 14.4 Å². The van der Waals surface area contributed by atoms with Crippen LogP contribution in [-0.4, -0.2) is 31.2 Å². The highest BCUT2D eigenvalue weighted by molar-refractivity contribution is 6.08. The smallest absolute Gasteiger partial charge is 0.325 e. The Morgan fingerprint density at radius 3 is 1.52 bits per heavy atom. The third-order valence-corrected chi connectivity index (χ3v) is 9.55. The molecule has 0 amide bonds. The van der Waals surface area contributed by atoms with Crippen molar-refractivity contribution in [1.82, 2.24) is 0 Å². The number of methoxy groups -OCH3 is 1. The topological polar surface area (TPSA) is 133 Å². The second-order valence-electron chi connectivity index (χ2n) is 12.6. The molecule has 2 unspecified atom stereocenters. The van der Waals surface area contributed by atoms with Gasteiger partial charge in [-0.15, -0.1) is 0 Å². The second-order valence-corrected chi connectivity index (χ2v) is 12.6. The minimum absolute atomic E-state index is 0. The molecule has 2 N–H and O–H groups in total. The summed E-state index contributed by atoms with van der Waals surface area (Å²) in [6.45, 7) is -0.214. The van der Waals surface area contributed by atoms with Crippen LogP contribution in [0.1, 0.15) is 39.3 Å². The van der Waals surface area contributed by atoms with Gasteiger partial charge in [0.15, 0.2) is 11.6 Å². The lowest BCUT2D eigenvalue weighted by atomic mass is 9.90. The van der Waals surface area contributed by atoms with E-state index in [0.29, 0.717) is 61.8 Å². The molecular formula is C44H33NO9. The lowest BCUT2D eigenvalue weighted by Gasteiger charge is -2.39. The number of rotatable bonds is 3. The summed E-state index contributed by atoms with van der Waals surface area (Å²) >= 11 is 0. The van der Waals surface area contributed by atoms with Crippen LogP contribution in [-0.2, 0) is 16.4 Å². The number of carbonyl (C=O) groups excluding carboxylic acids is 3. The van der Waals surface area contributed by atoms with Crippen molar-refractivity contribution in [3.63, 3.8) is 0 Å². The van der Waals surface area contributed by atoms with E-state index in [1.54, 1.807) is 49.6 Å². The van der Waals surface area contributed by atoms with Crippen LogP contribution in [0.2, 0.25) is 0 Å². The number of allylic oxidation sites excluding steroid dienone is 2. The maximum absolute atomic E-state index is 12.3. The van der Waals surface area contributed by atoms with Gasteiger partial charge in [-0.05, 0) is 48.6 Å². The van der Waals surface area contributed by atoms with Crippen molar-refractivity contribution in [2.24, 2.45) is 5.73 Å². The van der Waals surface area contributed by atoms with Crippen molar-refractivity contribution >= 4 is 39.1 Å². The van der Waals surface area contributed by atoms with E-state index in [9.17, 15) is 14.4 Å². The third kappa shape index (κ3) is 5.26. The van der Waals surface area contributed by atoms with Gasteiger partial charge < -0.3 is 34.2 Å². The number of esters is 1. The fourth-order valence-electron chi connectivity index (χ4n) is 7.19. The summed E-state index contributed by atoms with van der Waals surface area (Å²) in [5.74, 6) is 0.634. The van der Waals surface area contributed by atoms with Gasteiger partial charge in [0.25, 0.3) is 11.6 Å². The lowest BCUT2D eigenvalue weighted by molar-refractivity contribution is -0.132. The normalized spacial score (nSPS) is 19.2. The van der Waals surface area contributed by atoms with Crippen molar-refractivity contribution in [2.75, 3.05) is 13.7 Å². The number of ketones is 2. The maximum Gasteiger partial charge on any atom is 0.325 e. The van der Waals surface area contributed by atoms with Gasteiger partial charge >= 0.3 is 5.97 Å². The first kappa shape index (κ1) is 34.2. The Bertz CT molecular complexity index is 2580. The van der Waals surface area contributed by atoms with Crippen LogP contribution < -0.4 is 34.2 Å². The highest BCUT2D eigenvalue weighted by Crippen LogP contribution is 2.51. The van der Waals surface area contributed by atoms with Gasteiger partial charge in [-0.2, -0.15) is 0 Å². The molecule has 0 saturated carbocycles.